The minimum absolute atomic E-state index is 0.0113. The van der Waals surface area contributed by atoms with Crippen LogP contribution < -0.4 is 5.73 Å². The lowest BCUT2D eigenvalue weighted by molar-refractivity contribution is -0.384. The highest BCUT2D eigenvalue weighted by molar-refractivity contribution is 5.63. The van der Waals surface area contributed by atoms with Crippen molar-refractivity contribution in [3.63, 3.8) is 0 Å². The van der Waals surface area contributed by atoms with E-state index in [0.717, 1.165) is 5.56 Å². The number of nitro groups is 1. The molecule has 0 radical (unpaired) electrons. The van der Waals surface area contributed by atoms with Crippen molar-refractivity contribution in [1.82, 2.24) is 10.1 Å². The third-order valence-corrected chi connectivity index (χ3v) is 2.50. The van der Waals surface area contributed by atoms with Crippen LogP contribution in [0.1, 0.15) is 24.4 Å². The average Bonchev–Trinajstić information content (AvgIpc) is 2.78. The van der Waals surface area contributed by atoms with Crippen LogP contribution >= 0.6 is 0 Å². The lowest BCUT2D eigenvalue weighted by atomic mass is 10.1. The van der Waals surface area contributed by atoms with Gasteiger partial charge < -0.3 is 10.3 Å². The van der Waals surface area contributed by atoms with Gasteiger partial charge in [-0.25, -0.2) is 0 Å². The molecule has 0 spiro atoms. The molecule has 0 aliphatic heterocycles. The van der Waals surface area contributed by atoms with E-state index in [9.17, 15) is 10.1 Å². The number of nitro benzene ring substituents is 1. The van der Waals surface area contributed by atoms with Crippen LogP contribution in [0.4, 0.5) is 5.69 Å². The van der Waals surface area contributed by atoms with Crippen molar-refractivity contribution in [1.29, 1.82) is 0 Å². The quantitative estimate of drug-likeness (QED) is 0.657. The summed E-state index contributed by atoms with van der Waals surface area (Å²) in [6.07, 6.45) is 0. The van der Waals surface area contributed by atoms with Crippen molar-refractivity contribution in [2.75, 3.05) is 0 Å². The molecule has 0 fully saturated rings. The van der Waals surface area contributed by atoms with Crippen LogP contribution in [0.5, 0.6) is 0 Å². The van der Waals surface area contributed by atoms with E-state index < -0.39 is 4.92 Å². The lowest BCUT2D eigenvalue weighted by Crippen LogP contribution is -2.04. The molecule has 2 aromatic rings. The van der Waals surface area contributed by atoms with Gasteiger partial charge in [-0.3, -0.25) is 10.1 Å². The molecule has 0 bridgehead atoms. The molecule has 18 heavy (non-hydrogen) atoms. The number of hydrogen-bond acceptors (Lipinski definition) is 6. The highest BCUT2D eigenvalue weighted by Crippen LogP contribution is 2.26. The number of hydrogen-bond donors (Lipinski definition) is 1. The molecule has 0 saturated carbocycles. The van der Waals surface area contributed by atoms with E-state index in [-0.39, 0.29) is 11.7 Å². The Balaban J connectivity index is 2.48. The Morgan fingerprint density at radius 1 is 1.50 bits per heavy atom. The van der Waals surface area contributed by atoms with E-state index >= 15 is 0 Å². The van der Waals surface area contributed by atoms with Crippen LogP contribution in [0.25, 0.3) is 11.4 Å². The largest absolute Gasteiger partial charge is 0.337 e. The number of non-ortho nitro benzene ring substituents is 1. The molecular weight excluding hydrogens is 236 g/mol. The number of rotatable bonds is 3. The fourth-order valence-electron chi connectivity index (χ4n) is 1.49. The van der Waals surface area contributed by atoms with E-state index in [4.69, 9.17) is 10.3 Å². The van der Waals surface area contributed by atoms with E-state index in [0.29, 0.717) is 17.3 Å². The summed E-state index contributed by atoms with van der Waals surface area (Å²) in [6, 6.07) is 4.14. The molecular formula is C11H12N4O3. The number of aryl methyl sites for hydroxylation is 1. The van der Waals surface area contributed by atoms with Crippen molar-refractivity contribution in [2.45, 2.75) is 19.9 Å². The molecule has 0 saturated heterocycles. The SMILES string of the molecule is Cc1ccc([N+](=O)[O-])cc1-c1noc([C@H](C)N)n1. The fourth-order valence-corrected chi connectivity index (χ4v) is 1.49. The monoisotopic (exact) mass is 248 g/mol. The molecule has 1 aromatic heterocycles. The van der Waals surface area contributed by atoms with Gasteiger partial charge in [0.1, 0.15) is 0 Å². The van der Waals surface area contributed by atoms with Crippen molar-refractivity contribution in [3.8, 4) is 11.4 Å². The first-order chi connectivity index (χ1) is 8.49. The maximum absolute atomic E-state index is 10.7. The average molecular weight is 248 g/mol. The molecule has 2 rings (SSSR count). The minimum Gasteiger partial charge on any atom is -0.337 e. The molecule has 0 unspecified atom stereocenters. The molecule has 1 aromatic carbocycles. The molecule has 94 valence electrons. The molecule has 7 nitrogen and oxygen atoms in total. The number of nitrogens with zero attached hydrogens (tertiary/aromatic N) is 3. The van der Waals surface area contributed by atoms with E-state index in [2.05, 4.69) is 10.1 Å². The number of benzene rings is 1. The normalized spacial score (nSPS) is 12.4. The first kappa shape index (κ1) is 12.2. The van der Waals surface area contributed by atoms with Gasteiger partial charge in [0.25, 0.3) is 5.69 Å². The zero-order chi connectivity index (χ0) is 13.3. The van der Waals surface area contributed by atoms with Crippen LogP contribution in [0.2, 0.25) is 0 Å². The topological polar surface area (TPSA) is 108 Å². The third kappa shape index (κ3) is 2.21. The Morgan fingerprint density at radius 2 is 2.22 bits per heavy atom. The van der Waals surface area contributed by atoms with Crippen molar-refractivity contribution in [3.05, 3.63) is 39.8 Å². The Labute approximate surface area is 103 Å². The van der Waals surface area contributed by atoms with Gasteiger partial charge in [0.05, 0.1) is 11.0 Å². The van der Waals surface area contributed by atoms with Crippen LogP contribution in [0.15, 0.2) is 22.7 Å². The first-order valence-corrected chi connectivity index (χ1v) is 5.33. The lowest BCUT2D eigenvalue weighted by Gasteiger charge is -2.00. The van der Waals surface area contributed by atoms with Crippen LogP contribution in [-0.4, -0.2) is 15.1 Å². The van der Waals surface area contributed by atoms with Crippen molar-refractivity contribution >= 4 is 5.69 Å². The zero-order valence-electron chi connectivity index (χ0n) is 9.95. The van der Waals surface area contributed by atoms with Gasteiger partial charge >= 0.3 is 0 Å². The maximum Gasteiger partial charge on any atom is 0.270 e. The third-order valence-electron chi connectivity index (χ3n) is 2.50. The second-order valence-electron chi connectivity index (χ2n) is 4.00. The first-order valence-electron chi connectivity index (χ1n) is 5.33. The second kappa shape index (κ2) is 4.53. The number of aromatic nitrogens is 2. The van der Waals surface area contributed by atoms with Gasteiger partial charge in [-0.05, 0) is 19.4 Å². The fraction of sp³-hybridized carbons (Fsp3) is 0.273. The second-order valence-corrected chi connectivity index (χ2v) is 4.00. The molecule has 2 N–H and O–H groups in total. The van der Waals surface area contributed by atoms with Gasteiger partial charge in [0, 0.05) is 17.7 Å². The van der Waals surface area contributed by atoms with Crippen LogP contribution in [-0.2, 0) is 0 Å². The van der Waals surface area contributed by atoms with E-state index in [1.807, 2.05) is 6.92 Å². The predicted molar refractivity (Wildman–Crippen MR) is 63.7 cm³/mol. The molecule has 0 aliphatic carbocycles. The summed E-state index contributed by atoms with van der Waals surface area (Å²) in [5.41, 5.74) is 7.01. The van der Waals surface area contributed by atoms with Crippen molar-refractivity contribution in [2.24, 2.45) is 5.73 Å². The highest BCUT2D eigenvalue weighted by Gasteiger charge is 2.16. The Hall–Kier alpha value is -2.28. The summed E-state index contributed by atoms with van der Waals surface area (Å²) in [5.74, 6) is 0.611. The van der Waals surface area contributed by atoms with Gasteiger partial charge in [-0.15, -0.1) is 0 Å². The van der Waals surface area contributed by atoms with Crippen LogP contribution in [0, 0.1) is 17.0 Å². The Morgan fingerprint density at radius 3 is 2.78 bits per heavy atom. The summed E-state index contributed by atoms with van der Waals surface area (Å²) < 4.78 is 4.98. The summed E-state index contributed by atoms with van der Waals surface area (Å²) in [7, 11) is 0. The Bertz CT molecular complexity index is 592. The van der Waals surface area contributed by atoms with E-state index in [1.165, 1.54) is 12.1 Å². The standard InChI is InChI=1S/C11H12N4O3/c1-6-3-4-8(15(16)17)5-9(6)10-13-11(7(2)12)18-14-10/h3-5,7H,12H2,1-2H3/t7-/m0/s1. The molecule has 0 aliphatic rings. The molecule has 1 atom stereocenters. The highest BCUT2D eigenvalue weighted by atomic mass is 16.6. The van der Waals surface area contributed by atoms with Crippen LogP contribution in [0.3, 0.4) is 0 Å². The molecule has 0 amide bonds. The van der Waals surface area contributed by atoms with Gasteiger partial charge in [0.2, 0.25) is 11.7 Å². The summed E-state index contributed by atoms with van der Waals surface area (Å²) in [4.78, 5) is 14.4. The predicted octanol–water partition coefficient (Wildman–Crippen LogP) is 1.97. The summed E-state index contributed by atoms with van der Waals surface area (Å²) >= 11 is 0. The zero-order valence-corrected chi connectivity index (χ0v) is 9.95. The van der Waals surface area contributed by atoms with Gasteiger partial charge in [-0.2, -0.15) is 4.98 Å². The smallest absolute Gasteiger partial charge is 0.270 e. The van der Waals surface area contributed by atoms with Gasteiger partial charge in [0.15, 0.2) is 0 Å². The van der Waals surface area contributed by atoms with Crippen molar-refractivity contribution < 1.29 is 9.45 Å². The molecule has 7 heteroatoms. The summed E-state index contributed by atoms with van der Waals surface area (Å²) in [5, 5.41) is 14.5. The maximum atomic E-state index is 10.7. The summed E-state index contributed by atoms with van der Waals surface area (Å²) in [6.45, 7) is 3.54. The Kier molecular flexibility index (Phi) is 3.07. The van der Waals surface area contributed by atoms with Gasteiger partial charge in [-0.1, -0.05) is 11.2 Å². The van der Waals surface area contributed by atoms with E-state index in [1.54, 1.807) is 13.0 Å². The minimum atomic E-state index is -0.463. The molecule has 1 heterocycles. The number of nitrogens with two attached hydrogens (primary N) is 1.